The van der Waals surface area contributed by atoms with Crippen molar-refractivity contribution in [3.8, 4) is 0 Å². The minimum absolute atomic E-state index is 0.373. The van der Waals surface area contributed by atoms with Crippen molar-refractivity contribution in [2.24, 2.45) is 12.8 Å². The van der Waals surface area contributed by atoms with Gasteiger partial charge in [0.05, 0.1) is 11.7 Å². The van der Waals surface area contributed by atoms with Crippen molar-refractivity contribution in [2.75, 3.05) is 0 Å². The van der Waals surface area contributed by atoms with Crippen LogP contribution in [0.25, 0.3) is 0 Å². The Bertz CT molecular complexity index is 419. The largest absolute Gasteiger partial charge is 0.343 e. The fraction of sp³-hybridized carbons (Fsp3) is 0.375. The van der Waals surface area contributed by atoms with Gasteiger partial charge in [0.25, 0.3) is 0 Å². The van der Waals surface area contributed by atoms with Crippen LogP contribution in [0.5, 0.6) is 0 Å². The van der Waals surface area contributed by atoms with E-state index in [-0.39, 0.29) is 6.04 Å². The Kier molecular flexibility index (Phi) is 2.05. The minimum atomic E-state index is -0.373. The first-order valence-electron chi connectivity index (χ1n) is 4.20. The van der Waals surface area contributed by atoms with E-state index in [9.17, 15) is 0 Å². The van der Waals surface area contributed by atoms with Crippen LogP contribution in [0.4, 0.5) is 0 Å². The SMILES string of the molecule is Cc1nn(C)cc1C(N)c1ncon1. The van der Waals surface area contributed by atoms with Gasteiger partial charge < -0.3 is 10.3 Å². The predicted molar refractivity (Wildman–Crippen MR) is 48.3 cm³/mol. The summed E-state index contributed by atoms with van der Waals surface area (Å²) in [6.07, 6.45) is 3.12. The second kappa shape index (κ2) is 3.22. The van der Waals surface area contributed by atoms with Crippen LogP contribution in [0, 0.1) is 6.92 Å². The van der Waals surface area contributed by atoms with E-state index in [1.165, 1.54) is 6.39 Å². The zero-order valence-corrected chi connectivity index (χ0v) is 8.01. The van der Waals surface area contributed by atoms with E-state index in [0.29, 0.717) is 5.82 Å². The van der Waals surface area contributed by atoms with E-state index in [0.717, 1.165) is 11.3 Å². The van der Waals surface area contributed by atoms with E-state index in [2.05, 4.69) is 19.8 Å². The zero-order valence-electron chi connectivity index (χ0n) is 8.01. The zero-order chi connectivity index (χ0) is 10.1. The molecule has 74 valence electrons. The highest BCUT2D eigenvalue weighted by atomic mass is 16.5. The normalized spacial score (nSPS) is 13.1. The molecule has 2 aromatic heterocycles. The van der Waals surface area contributed by atoms with Crippen molar-refractivity contribution >= 4 is 0 Å². The van der Waals surface area contributed by atoms with Crippen molar-refractivity contribution < 1.29 is 4.52 Å². The molecule has 14 heavy (non-hydrogen) atoms. The van der Waals surface area contributed by atoms with Crippen LogP contribution in [0.2, 0.25) is 0 Å². The highest BCUT2D eigenvalue weighted by molar-refractivity contribution is 5.24. The summed E-state index contributed by atoms with van der Waals surface area (Å²) in [4.78, 5) is 3.90. The van der Waals surface area contributed by atoms with E-state index in [1.54, 1.807) is 4.68 Å². The summed E-state index contributed by atoms with van der Waals surface area (Å²) in [7, 11) is 1.85. The van der Waals surface area contributed by atoms with Gasteiger partial charge in [-0.3, -0.25) is 4.68 Å². The number of hydrogen-bond acceptors (Lipinski definition) is 5. The molecule has 0 aliphatic rings. The maximum absolute atomic E-state index is 5.94. The summed E-state index contributed by atoms with van der Waals surface area (Å²) in [6, 6.07) is -0.373. The van der Waals surface area contributed by atoms with Crippen molar-refractivity contribution in [1.29, 1.82) is 0 Å². The Labute approximate surface area is 80.7 Å². The molecule has 0 saturated heterocycles. The Balaban J connectivity index is 2.36. The molecule has 2 aromatic rings. The van der Waals surface area contributed by atoms with Crippen LogP contribution in [-0.4, -0.2) is 19.9 Å². The number of rotatable bonds is 2. The fourth-order valence-electron chi connectivity index (χ4n) is 1.38. The molecule has 6 heteroatoms. The molecule has 0 aliphatic heterocycles. The number of nitrogens with zero attached hydrogens (tertiary/aromatic N) is 4. The van der Waals surface area contributed by atoms with Crippen LogP contribution in [-0.2, 0) is 7.05 Å². The van der Waals surface area contributed by atoms with Gasteiger partial charge in [-0.2, -0.15) is 10.1 Å². The van der Waals surface area contributed by atoms with E-state index in [4.69, 9.17) is 5.73 Å². The molecule has 0 aliphatic carbocycles. The second-order valence-corrected chi connectivity index (χ2v) is 3.11. The van der Waals surface area contributed by atoms with Gasteiger partial charge in [0.15, 0.2) is 5.82 Å². The molecule has 1 atom stereocenters. The first kappa shape index (κ1) is 8.89. The number of aromatic nitrogens is 4. The summed E-state index contributed by atoms with van der Waals surface area (Å²) in [5, 5.41) is 7.89. The van der Waals surface area contributed by atoms with Crippen molar-refractivity contribution in [3.05, 3.63) is 29.7 Å². The van der Waals surface area contributed by atoms with Gasteiger partial charge in [-0.25, -0.2) is 0 Å². The summed E-state index contributed by atoms with van der Waals surface area (Å²) in [5.41, 5.74) is 7.73. The standard InChI is InChI=1S/C8H11N5O/c1-5-6(3-13(2)11-5)7(9)8-10-4-14-12-8/h3-4,7H,9H2,1-2H3. The summed E-state index contributed by atoms with van der Waals surface area (Å²) < 4.78 is 6.35. The lowest BCUT2D eigenvalue weighted by Crippen LogP contribution is -2.13. The number of nitrogens with two attached hydrogens (primary N) is 1. The quantitative estimate of drug-likeness (QED) is 0.734. The van der Waals surface area contributed by atoms with Gasteiger partial charge in [0, 0.05) is 18.8 Å². The summed E-state index contributed by atoms with van der Waals surface area (Å²) >= 11 is 0. The molecular weight excluding hydrogens is 182 g/mol. The molecular formula is C8H11N5O. The average molecular weight is 193 g/mol. The van der Waals surface area contributed by atoms with Crippen molar-refractivity contribution in [2.45, 2.75) is 13.0 Å². The van der Waals surface area contributed by atoms with Gasteiger partial charge in [0.2, 0.25) is 6.39 Å². The predicted octanol–water partition coefficient (Wildman–Crippen LogP) is 0.160. The third kappa shape index (κ3) is 1.39. The molecule has 1 unspecified atom stereocenters. The first-order chi connectivity index (χ1) is 6.68. The lowest BCUT2D eigenvalue weighted by Gasteiger charge is -2.03. The van der Waals surface area contributed by atoms with Crippen molar-refractivity contribution in [1.82, 2.24) is 19.9 Å². The highest BCUT2D eigenvalue weighted by Crippen LogP contribution is 2.18. The van der Waals surface area contributed by atoms with Crippen LogP contribution in [0.3, 0.4) is 0 Å². The van der Waals surface area contributed by atoms with Gasteiger partial charge in [-0.1, -0.05) is 5.16 Å². The molecule has 2 rings (SSSR count). The topological polar surface area (TPSA) is 82.8 Å². The van der Waals surface area contributed by atoms with Crippen LogP contribution in [0.1, 0.15) is 23.1 Å². The molecule has 6 nitrogen and oxygen atoms in total. The molecule has 2 N–H and O–H groups in total. The Morgan fingerprint density at radius 1 is 1.57 bits per heavy atom. The maximum Gasteiger partial charge on any atom is 0.213 e. The molecule has 0 amide bonds. The lowest BCUT2D eigenvalue weighted by atomic mass is 10.1. The Hall–Kier alpha value is -1.69. The van der Waals surface area contributed by atoms with E-state index >= 15 is 0 Å². The first-order valence-corrected chi connectivity index (χ1v) is 4.20. The Morgan fingerprint density at radius 3 is 2.86 bits per heavy atom. The highest BCUT2D eigenvalue weighted by Gasteiger charge is 2.17. The number of hydrogen-bond donors (Lipinski definition) is 1. The van der Waals surface area contributed by atoms with Gasteiger partial charge >= 0.3 is 0 Å². The second-order valence-electron chi connectivity index (χ2n) is 3.11. The molecule has 0 radical (unpaired) electrons. The maximum atomic E-state index is 5.94. The average Bonchev–Trinajstić information content (AvgIpc) is 2.73. The number of aryl methyl sites for hydroxylation is 2. The van der Waals surface area contributed by atoms with Crippen LogP contribution >= 0.6 is 0 Å². The molecule has 0 aromatic carbocycles. The van der Waals surface area contributed by atoms with E-state index in [1.807, 2.05) is 20.2 Å². The van der Waals surface area contributed by atoms with Crippen LogP contribution < -0.4 is 5.73 Å². The van der Waals surface area contributed by atoms with Gasteiger partial charge in [0.1, 0.15) is 0 Å². The Morgan fingerprint density at radius 2 is 2.36 bits per heavy atom. The van der Waals surface area contributed by atoms with Crippen LogP contribution in [0.15, 0.2) is 17.1 Å². The third-order valence-corrected chi connectivity index (χ3v) is 2.04. The molecule has 0 fully saturated rings. The van der Waals surface area contributed by atoms with Gasteiger partial charge in [-0.15, -0.1) is 0 Å². The minimum Gasteiger partial charge on any atom is -0.343 e. The monoisotopic (exact) mass is 193 g/mol. The molecule has 0 saturated carbocycles. The fourth-order valence-corrected chi connectivity index (χ4v) is 1.38. The molecule has 2 heterocycles. The third-order valence-electron chi connectivity index (χ3n) is 2.04. The van der Waals surface area contributed by atoms with Gasteiger partial charge in [-0.05, 0) is 6.92 Å². The van der Waals surface area contributed by atoms with Crippen molar-refractivity contribution in [3.63, 3.8) is 0 Å². The molecule has 0 spiro atoms. The lowest BCUT2D eigenvalue weighted by molar-refractivity contribution is 0.407. The molecule has 0 bridgehead atoms. The smallest absolute Gasteiger partial charge is 0.213 e. The summed E-state index contributed by atoms with van der Waals surface area (Å²) in [5.74, 6) is 0.473. The van der Waals surface area contributed by atoms with E-state index < -0.39 is 0 Å². The summed E-state index contributed by atoms with van der Waals surface area (Å²) in [6.45, 7) is 1.90.